The predicted molar refractivity (Wildman–Crippen MR) is 81.9 cm³/mol. The first-order valence-corrected chi connectivity index (χ1v) is 6.77. The molecule has 0 saturated carbocycles. The van der Waals surface area contributed by atoms with Gasteiger partial charge in [-0.1, -0.05) is 23.7 Å². The molecule has 2 N–H and O–H groups in total. The second kappa shape index (κ2) is 6.16. The van der Waals surface area contributed by atoms with E-state index >= 15 is 0 Å². The van der Waals surface area contributed by atoms with Crippen molar-refractivity contribution in [3.05, 3.63) is 52.5 Å². The summed E-state index contributed by atoms with van der Waals surface area (Å²) in [5, 5.41) is 0.635. The van der Waals surface area contributed by atoms with E-state index < -0.39 is 0 Å². The lowest BCUT2D eigenvalue weighted by Crippen LogP contribution is -2.08. The molecule has 0 aromatic heterocycles. The summed E-state index contributed by atoms with van der Waals surface area (Å²) in [5.74, 6) is 2.12. The van der Waals surface area contributed by atoms with Crippen LogP contribution >= 0.6 is 11.6 Å². The number of benzene rings is 2. The Morgan fingerprint density at radius 1 is 1.10 bits per heavy atom. The van der Waals surface area contributed by atoms with Gasteiger partial charge in [-0.05, 0) is 43.7 Å². The van der Waals surface area contributed by atoms with Gasteiger partial charge in [0.25, 0.3) is 0 Å². The molecular weight excluding hydrogens is 274 g/mol. The first-order chi connectivity index (χ1) is 9.52. The van der Waals surface area contributed by atoms with Crippen LogP contribution < -0.4 is 15.2 Å². The SMILES string of the molecule is COc1cccc(Oc2cc(Cl)ccc2C)c1[C@@H](C)N. The summed E-state index contributed by atoms with van der Waals surface area (Å²) in [7, 11) is 1.62. The van der Waals surface area contributed by atoms with Crippen LogP contribution in [0.5, 0.6) is 17.2 Å². The molecule has 0 unspecified atom stereocenters. The number of hydrogen-bond acceptors (Lipinski definition) is 3. The van der Waals surface area contributed by atoms with E-state index in [0.717, 1.165) is 16.9 Å². The quantitative estimate of drug-likeness (QED) is 0.904. The highest BCUT2D eigenvalue weighted by atomic mass is 35.5. The molecule has 2 rings (SSSR count). The van der Waals surface area contributed by atoms with Crippen LogP contribution in [-0.4, -0.2) is 7.11 Å². The van der Waals surface area contributed by atoms with E-state index in [9.17, 15) is 0 Å². The van der Waals surface area contributed by atoms with E-state index in [4.69, 9.17) is 26.8 Å². The predicted octanol–water partition coefficient (Wildman–Crippen LogP) is 4.47. The van der Waals surface area contributed by atoms with Crippen molar-refractivity contribution >= 4 is 11.6 Å². The first kappa shape index (κ1) is 14.7. The Morgan fingerprint density at radius 3 is 2.45 bits per heavy atom. The van der Waals surface area contributed by atoms with Crippen LogP contribution in [0.2, 0.25) is 5.02 Å². The molecule has 2 aromatic rings. The molecule has 4 heteroatoms. The zero-order chi connectivity index (χ0) is 14.7. The molecule has 0 bridgehead atoms. The number of hydrogen-bond donors (Lipinski definition) is 1. The van der Waals surface area contributed by atoms with Crippen molar-refractivity contribution in [1.29, 1.82) is 0 Å². The van der Waals surface area contributed by atoms with Gasteiger partial charge in [0.2, 0.25) is 0 Å². The molecule has 1 atom stereocenters. The van der Waals surface area contributed by atoms with Crippen molar-refractivity contribution in [2.45, 2.75) is 19.9 Å². The number of ether oxygens (including phenoxy) is 2. The highest BCUT2D eigenvalue weighted by Gasteiger charge is 2.15. The molecular formula is C16H18ClNO2. The van der Waals surface area contributed by atoms with Crippen LogP contribution in [-0.2, 0) is 0 Å². The summed E-state index contributed by atoms with van der Waals surface area (Å²) in [6.45, 7) is 3.87. The lowest BCUT2D eigenvalue weighted by molar-refractivity contribution is 0.397. The van der Waals surface area contributed by atoms with Gasteiger partial charge in [-0.2, -0.15) is 0 Å². The Balaban J connectivity index is 2.45. The summed E-state index contributed by atoms with van der Waals surface area (Å²) in [6.07, 6.45) is 0. The zero-order valence-electron chi connectivity index (χ0n) is 11.8. The normalized spacial score (nSPS) is 12.1. The van der Waals surface area contributed by atoms with E-state index in [1.807, 2.05) is 44.2 Å². The van der Waals surface area contributed by atoms with Gasteiger partial charge in [0.15, 0.2) is 0 Å². The van der Waals surface area contributed by atoms with E-state index in [1.165, 1.54) is 0 Å². The Labute approximate surface area is 124 Å². The van der Waals surface area contributed by atoms with Crippen molar-refractivity contribution in [1.82, 2.24) is 0 Å². The summed E-state index contributed by atoms with van der Waals surface area (Å²) in [4.78, 5) is 0. The van der Waals surface area contributed by atoms with Gasteiger partial charge < -0.3 is 15.2 Å². The molecule has 3 nitrogen and oxygen atoms in total. The standard InChI is InChI=1S/C16H18ClNO2/c1-10-7-8-12(17)9-15(10)20-14-6-4-5-13(19-3)16(14)11(2)18/h4-9,11H,18H2,1-3H3/t11-/m1/s1. The second-order valence-electron chi connectivity index (χ2n) is 4.67. The Morgan fingerprint density at radius 2 is 1.80 bits per heavy atom. The molecule has 0 aliphatic heterocycles. The van der Waals surface area contributed by atoms with Crippen LogP contribution in [0.4, 0.5) is 0 Å². The van der Waals surface area contributed by atoms with Crippen molar-refractivity contribution < 1.29 is 9.47 Å². The van der Waals surface area contributed by atoms with Crippen molar-refractivity contribution in [2.75, 3.05) is 7.11 Å². The van der Waals surface area contributed by atoms with Gasteiger partial charge in [-0.15, -0.1) is 0 Å². The molecule has 0 aliphatic carbocycles. The van der Waals surface area contributed by atoms with E-state index in [0.29, 0.717) is 16.5 Å². The maximum Gasteiger partial charge on any atom is 0.135 e. The van der Waals surface area contributed by atoms with E-state index in [-0.39, 0.29) is 6.04 Å². The fourth-order valence-corrected chi connectivity index (χ4v) is 2.20. The lowest BCUT2D eigenvalue weighted by Gasteiger charge is -2.18. The van der Waals surface area contributed by atoms with Crippen LogP contribution in [0.1, 0.15) is 24.1 Å². The largest absolute Gasteiger partial charge is 0.496 e. The zero-order valence-corrected chi connectivity index (χ0v) is 12.6. The van der Waals surface area contributed by atoms with E-state index in [2.05, 4.69) is 0 Å². The average Bonchev–Trinajstić information content (AvgIpc) is 2.42. The smallest absolute Gasteiger partial charge is 0.135 e. The van der Waals surface area contributed by atoms with Crippen LogP contribution in [0, 0.1) is 6.92 Å². The van der Waals surface area contributed by atoms with Crippen LogP contribution in [0.3, 0.4) is 0 Å². The topological polar surface area (TPSA) is 44.5 Å². The third kappa shape index (κ3) is 3.06. The fraction of sp³-hybridized carbons (Fsp3) is 0.250. The molecule has 106 valence electrons. The van der Waals surface area contributed by atoms with Crippen LogP contribution in [0.15, 0.2) is 36.4 Å². The summed E-state index contributed by atoms with van der Waals surface area (Å²) in [6, 6.07) is 11.0. The molecule has 0 saturated heterocycles. The minimum atomic E-state index is -0.194. The maximum absolute atomic E-state index is 6.03. The average molecular weight is 292 g/mol. The molecule has 0 amide bonds. The Kier molecular flexibility index (Phi) is 4.53. The number of nitrogens with two attached hydrogens (primary N) is 1. The van der Waals surface area contributed by atoms with Crippen molar-refractivity contribution in [2.24, 2.45) is 5.73 Å². The summed E-state index contributed by atoms with van der Waals surface area (Å²) < 4.78 is 11.3. The van der Waals surface area contributed by atoms with Gasteiger partial charge in [0, 0.05) is 11.1 Å². The molecule has 20 heavy (non-hydrogen) atoms. The van der Waals surface area contributed by atoms with Gasteiger partial charge in [-0.25, -0.2) is 0 Å². The number of aryl methyl sites for hydroxylation is 1. The Bertz CT molecular complexity index is 611. The fourth-order valence-electron chi connectivity index (χ4n) is 2.04. The van der Waals surface area contributed by atoms with Gasteiger partial charge in [0.1, 0.15) is 17.2 Å². The highest BCUT2D eigenvalue weighted by molar-refractivity contribution is 6.30. The second-order valence-corrected chi connectivity index (χ2v) is 5.11. The minimum Gasteiger partial charge on any atom is -0.496 e. The number of rotatable bonds is 4. The summed E-state index contributed by atoms with van der Waals surface area (Å²) >= 11 is 6.01. The molecule has 0 radical (unpaired) electrons. The molecule has 0 aliphatic rings. The third-order valence-electron chi connectivity index (χ3n) is 3.07. The summed E-state index contributed by atoms with van der Waals surface area (Å²) in [5.41, 5.74) is 7.88. The number of methoxy groups -OCH3 is 1. The molecule has 0 spiro atoms. The van der Waals surface area contributed by atoms with Crippen molar-refractivity contribution in [3.63, 3.8) is 0 Å². The maximum atomic E-state index is 6.03. The van der Waals surface area contributed by atoms with Gasteiger partial charge >= 0.3 is 0 Å². The first-order valence-electron chi connectivity index (χ1n) is 6.39. The van der Waals surface area contributed by atoms with Gasteiger partial charge in [0.05, 0.1) is 12.7 Å². The lowest BCUT2D eigenvalue weighted by atomic mass is 10.1. The van der Waals surface area contributed by atoms with Gasteiger partial charge in [-0.3, -0.25) is 0 Å². The third-order valence-corrected chi connectivity index (χ3v) is 3.31. The molecule has 0 heterocycles. The Hall–Kier alpha value is -1.71. The highest BCUT2D eigenvalue weighted by Crippen LogP contribution is 2.37. The van der Waals surface area contributed by atoms with Crippen molar-refractivity contribution in [3.8, 4) is 17.2 Å². The minimum absolute atomic E-state index is 0.194. The monoisotopic (exact) mass is 291 g/mol. The molecule has 2 aromatic carbocycles. The van der Waals surface area contributed by atoms with Crippen LogP contribution in [0.25, 0.3) is 0 Å². The van der Waals surface area contributed by atoms with E-state index in [1.54, 1.807) is 13.2 Å². The number of halogens is 1. The molecule has 0 fully saturated rings.